The molecular weight excluding hydrogens is 221 g/mol. The van der Waals surface area contributed by atoms with Crippen molar-refractivity contribution in [2.75, 3.05) is 0 Å². The van der Waals surface area contributed by atoms with Gasteiger partial charge in [0.1, 0.15) is 0 Å². The third kappa shape index (κ3) is 1.59. The second kappa shape index (κ2) is 4.17. The summed E-state index contributed by atoms with van der Waals surface area (Å²) in [5, 5.41) is 0.753. The molecule has 2 aromatic rings. The summed E-state index contributed by atoms with van der Waals surface area (Å²) >= 11 is 5.99. The summed E-state index contributed by atoms with van der Waals surface area (Å²) in [5.74, 6) is 0. The maximum Gasteiger partial charge on any atom is 0.0996 e. The fraction of sp³-hybridized carbons (Fsp3) is 0.222. The molecule has 0 fully saturated rings. The number of hydrogen-bond acceptors (Lipinski definition) is 2. The van der Waals surface area contributed by atoms with Gasteiger partial charge in [-0.2, -0.15) is 0 Å². The minimum absolute atomic E-state index is 0. The molecule has 0 aliphatic carbocycles. The van der Waals surface area contributed by atoms with Crippen molar-refractivity contribution in [3.05, 3.63) is 34.9 Å². The highest BCUT2D eigenvalue weighted by molar-refractivity contribution is 6.31. The largest absolute Gasteiger partial charge is 0.325 e. The Bertz CT molecular complexity index is 450. The fourth-order valence-electron chi connectivity index (χ4n) is 1.46. The monoisotopic (exact) mass is 231 g/mol. The molecule has 2 N–H and O–H groups in total. The first-order valence-electron chi connectivity index (χ1n) is 4.04. The number of aromatic nitrogens is 2. The van der Waals surface area contributed by atoms with Crippen molar-refractivity contribution in [2.45, 2.75) is 13.5 Å². The number of nitrogens with two attached hydrogens (primary N) is 1. The molecule has 0 atom stereocenters. The first-order chi connectivity index (χ1) is 6.24. The molecule has 0 aliphatic rings. The van der Waals surface area contributed by atoms with E-state index in [1.807, 2.05) is 23.6 Å². The summed E-state index contributed by atoms with van der Waals surface area (Å²) in [6.45, 7) is 2.41. The Morgan fingerprint density at radius 2 is 2.29 bits per heavy atom. The summed E-state index contributed by atoms with van der Waals surface area (Å²) < 4.78 is 1.93. The van der Waals surface area contributed by atoms with E-state index in [0.717, 1.165) is 21.8 Å². The molecular formula is C9H11Cl2N3. The number of pyridine rings is 1. The van der Waals surface area contributed by atoms with Gasteiger partial charge < -0.3 is 10.1 Å². The van der Waals surface area contributed by atoms with Gasteiger partial charge in [0.15, 0.2) is 0 Å². The minimum Gasteiger partial charge on any atom is -0.325 e. The SMILES string of the molecule is Cc1c(Cl)ccn2cnc(CN)c12.Cl. The first kappa shape index (κ1) is 11.3. The lowest BCUT2D eigenvalue weighted by Crippen LogP contribution is -1.98. The number of fused-ring (bicyclic) bond motifs is 1. The Hall–Kier alpha value is -0.770. The summed E-state index contributed by atoms with van der Waals surface area (Å²) in [7, 11) is 0. The number of nitrogens with zero attached hydrogens (tertiary/aromatic N) is 2. The molecule has 2 aromatic heterocycles. The van der Waals surface area contributed by atoms with E-state index in [0.29, 0.717) is 6.54 Å². The third-order valence-corrected chi connectivity index (χ3v) is 2.57. The molecule has 0 aromatic carbocycles. The first-order valence-corrected chi connectivity index (χ1v) is 4.42. The zero-order valence-corrected chi connectivity index (χ0v) is 9.27. The van der Waals surface area contributed by atoms with E-state index in [-0.39, 0.29) is 12.4 Å². The van der Waals surface area contributed by atoms with Gasteiger partial charge >= 0.3 is 0 Å². The second-order valence-electron chi connectivity index (χ2n) is 2.94. The Labute approximate surface area is 93.3 Å². The van der Waals surface area contributed by atoms with Gasteiger partial charge in [0.25, 0.3) is 0 Å². The molecule has 0 aliphatic heterocycles. The van der Waals surface area contributed by atoms with Crippen molar-refractivity contribution < 1.29 is 0 Å². The molecule has 0 bridgehead atoms. The van der Waals surface area contributed by atoms with E-state index in [4.69, 9.17) is 17.3 Å². The van der Waals surface area contributed by atoms with Gasteiger partial charge in [-0.1, -0.05) is 11.6 Å². The summed E-state index contributed by atoms with van der Waals surface area (Å²) in [5.41, 5.74) is 8.50. The van der Waals surface area contributed by atoms with E-state index in [1.54, 1.807) is 6.33 Å². The molecule has 0 saturated heterocycles. The van der Waals surface area contributed by atoms with Crippen molar-refractivity contribution in [2.24, 2.45) is 5.73 Å². The zero-order valence-electron chi connectivity index (χ0n) is 7.70. The number of imidazole rings is 1. The Kier molecular flexibility index (Phi) is 3.37. The third-order valence-electron chi connectivity index (χ3n) is 2.16. The van der Waals surface area contributed by atoms with Crippen molar-refractivity contribution >= 4 is 29.5 Å². The topological polar surface area (TPSA) is 43.3 Å². The van der Waals surface area contributed by atoms with E-state index in [2.05, 4.69) is 4.98 Å². The molecule has 14 heavy (non-hydrogen) atoms. The van der Waals surface area contributed by atoms with Crippen molar-refractivity contribution in [1.29, 1.82) is 0 Å². The average Bonchev–Trinajstić information content (AvgIpc) is 2.55. The highest BCUT2D eigenvalue weighted by Gasteiger charge is 2.07. The standard InChI is InChI=1S/C9H10ClN3.ClH/c1-6-7(10)2-3-13-5-12-8(4-11)9(6)13;/h2-3,5H,4,11H2,1H3;1H. The molecule has 3 nitrogen and oxygen atoms in total. The van der Waals surface area contributed by atoms with Gasteiger partial charge in [-0.15, -0.1) is 12.4 Å². The quantitative estimate of drug-likeness (QED) is 0.818. The Balaban J connectivity index is 0.000000980. The van der Waals surface area contributed by atoms with Gasteiger partial charge in [-0.05, 0) is 18.6 Å². The Morgan fingerprint density at radius 1 is 1.57 bits per heavy atom. The smallest absolute Gasteiger partial charge is 0.0996 e. The van der Waals surface area contributed by atoms with Crippen LogP contribution in [0.4, 0.5) is 0 Å². The van der Waals surface area contributed by atoms with Crippen LogP contribution in [0.2, 0.25) is 5.02 Å². The second-order valence-corrected chi connectivity index (χ2v) is 3.35. The molecule has 0 unspecified atom stereocenters. The van der Waals surface area contributed by atoms with Crippen molar-refractivity contribution in [3.63, 3.8) is 0 Å². The molecule has 5 heteroatoms. The highest BCUT2D eigenvalue weighted by Crippen LogP contribution is 2.21. The number of hydrogen-bond donors (Lipinski definition) is 1. The Morgan fingerprint density at radius 3 is 2.93 bits per heavy atom. The lowest BCUT2D eigenvalue weighted by Gasteiger charge is -2.02. The van der Waals surface area contributed by atoms with Crippen LogP contribution in [0.3, 0.4) is 0 Å². The van der Waals surface area contributed by atoms with Crippen LogP contribution < -0.4 is 5.73 Å². The van der Waals surface area contributed by atoms with E-state index in [1.165, 1.54) is 0 Å². The van der Waals surface area contributed by atoms with Crippen LogP contribution in [0.5, 0.6) is 0 Å². The summed E-state index contributed by atoms with van der Waals surface area (Å²) in [4.78, 5) is 4.20. The van der Waals surface area contributed by atoms with Gasteiger partial charge in [-0.25, -0.2) is 4.98 Å². The van der Waals surface area contributed by atoms with Crippen LogP contribution in [-0.2, 0) is 6.54 Å². The number of rotatable bonds is 1. The fourth-order valence-corrected chi connectivity index (χ4v) is 1.60. The molecule has 0 amide bonds. The van der Waals surface area contributed by atoms with Crippen molar-refractivity contribution in [1.82, 2.24) is 9.38 Å². The molecule has 2 rings (SSSR count). The maximum absolute atomic E-state index is 5.99. The van der Waals surface area contributed by atoms with Gasteiger partial charge in [0.05, 0.1) is 17.5 Å². The normalized spacial score (nSPS) is 10.2. The predicted molar refractivity (Wildman–Crippen MR) is 60.1 cm³/mol. The van der Waals surface area contributed by atoms with Gasteiger partial charge in [0, 0.05) is 17.8 Å². The molecule has 76 valence electrons. The van der Waals surface area contributed by atoms with Gasteiger partial charge in [-0.3, -0.25) is 0 Å². The van der Waals surface area contributed by atoms with E-state index in [9.17, 15) is 0 Å². The average molecular weight is 232 g/mol. The summed E-state index contributed by atoms with van der Waals surface area (Å²) in [6, 6.07) is 1.85. The van der Waals surface area contributed by atoms with Crippen LogP contribution in [0.15, 0.2) is 18.6 Å². The number of aryl methyl sites for hydroxylation is 1. The van der Waals surface area contributed by atoms with Gasteiger partial charge in [0.2, 0.25) is 0 Å². The lowest BCUT2D eigenvalue weighted by atomic mass is 10.2. The molecule has 2 heterocycles. The maximum atomic E-state index is 5.99. The molecule has 0 radical (unpaired) electrons. The molecule has 0 saturated carbocycles. The predicted octanol–water partition coefficient (Wildman–Crippen LogP) is 2.18. The minimum atomic E-state index is 0. The van der Waals surface area contributed by atoms with Crippen molar-refractivity contribution in [3.8, 4) is 0 Å². The van der Waals surface area contributed by atoms with Crippen LogP contribution in [0, 0.1) is 6.92 Å². The van der Waals surface area contributed by atoms with E-state index >= 15 is 0 Å². The summed E-state index contributed by atoms with van der Waals surface area (Å²) in [6.07, 6.45) is 3.64. The van der Waals surface area contributed by atoms with Crippen LogP contribution in [0.25, 0.3) is 5.52 Å². The van der Waals surface area contributed by atoms with Crippen LogP contribution in [0.1, 0.15) is 11.3 Å². The van der Waals surface area contributed by atoms with E-state index < -0.39 is 0 Å². The lowest BCUT2D eigenvalue weighted by molar-refractivity contribution is 1.02. The zero-order chi connectivity index (χ0) is 9.42. The van der Waals surface area contributed by atoms with Crippen LogP contribution in [-0.4, -0.2) is 9.38 Å². The highest BCUT2D eigenvalue weighted by atomic mass is 35.5. The van der Waals surface area contributed by atoms with Crippen LogP contribution >= 0.6 is 24.0 Å². The number of halogens is 2. The molecule has 0 spiro atoms.